The third-order valence-corrected chi connectivity index (χ3v) is 4.76. The Morgan fingerprint density at radius 2 is 1.23 bits per heavy atom. The second-order valence-electron chi connectivity index (χ2n) is 7.35. The first kappa shape index (κ1) is 25.4. The van der Waals surface area contributed by atoms with Crippen LogP contribution in [0.3, 0.4) is 0 Å². The summed E-state index contributed by atoms with van der Waals surface area (Å²) in [4.78, 5) is 11.5. The highest BCUT2D eigenvalue weighted by atomic mass is 16.6. The number of carbonyl (C=O) groups excluding carboxylic acids is 1. The number of hydrogen-bond acceptors (Lipinski definition) is 5. The second kappa shape index (κ2) is 19.1. The van der Waals surface area contributed by atoms with Crippen LogP contribution < -0.4 is 0 Å². The Balaban J connectivity index is 3.33. The van der Waals surface area contributed by atoms with Crippen molar-refractivity contribution >= 4 is 5.97 Å². The van der Waals surface area contributed by atoms with E-state index in [-0.39, 0.29) is 25.3 Å². The van der Waals surface area contributed by atoms with Crippen LogP contribution in [-0.4, -0.2) is 46.7 Å². The molecule has 0 aromatic heterocycles. The van der Waals surface area contributed by atoms with E-state index in [1.54, 1.807) is 0 Å². The molecule has 0 saturated carbocycles. The summed E-state index contributed by atoms with van der Waals surface area (Å²) < 4.78 is 4.91. The van der Waals surface area contributed by atoms with Crippen LogP contribution in [0.5, 0.6) is 0 Å². The lowest BCUT2D eigenvalue weighted by Gasteiger charge is -2.12. The van der Waals surface area contributed by atoms with Gasteiger partial charge in [-0.05, 0) is 19.3 Å². The van der Waals surface area contributed by atoms with E-state index >= 15 is 0 Å². The van der Waals surface area contributed by atoms with E-state index in [9.17, 15) is 9.90 Å². The SMILES string of the molecule is CCCCCCCCC(O)CCCCCCCCC(=O)OC(CO)CO. The highest BCUT2D eigenvalue weighted by molar-refractivity contribution is 5.69. The molecule has 0 bridgehead atoms. The molecule has 5 nitrogen and oxygen atoms in total. The van der Waals surface area contributed by atoms with Crippen molar-refractivity contribution in [2.75, 3.05) is 13.2 Å². The number of aliphatic hydroxyl groups excluding tert-OH is 3. The Kier molecular flexibility index (Phi) is 18.6. The van der Waals surface area contributed by atoms with Crippen LogP contribution in [0.1, 0.15) is 103 Å². The topological polar surface area (TPSA) is 87.0 Å². The molecule has 0 saturated heterocycles. The summed E-state index contributed by atoms with van der Waals surface area (Å²) in [5, 5.41) is 27.7. The largest absolute Gasteiger partial charge is 0.457 e. The van der Waals surface area contributed by atoms with Gasteiger partial charge in [-0.3, -0.25) is 4.79 Å². The predicted octanol–water partition coefficient (Wildman–Crippen LogP) is 4.12. The molecule has 5 heteroatoms. The van der Waals surface area contributed by atoms with Gasteiger partial charge in [-0.15, -0.1) is 0 Å². The molecule has 0 aliphatic heterocycles. The van der Waals surface area contributed by atoms with Gasteiger partial charge in [0, 0.05) is 6.42 Å². The molecule has 0 aliphatic rings. The molecule has 0 heterocycles. The molecular formula is C21H42O5. The minimum absolute atomic E-state index is 0.137. The first-order valence-electron chi connectivity index (χ1n) is 10.7. The van der Waals surface area contributed by atoms with Gasteiger partial charge in [-0.1, -0.05) is 77.6 Å². The smallest absolute Gasteiger partial charge is 0.306 e. The van der Waals surface area contributed by atoms with E-state index in [4.69, 9.17) is 14.9 Å². The molecule has 0 amide bonds. The summed E-state index contributed by atoms with van der Waals surface area (Å²) in [7, 11) is 0. The van der Waals surface area contributed by atoms with Gasteiger partial charge in [-0.2, -0.15) is 0 Å². The summed E-state index contributed by atoms with van der Waals surface area (Å²) in [5.74, 6) is -0.351. The quantitative estimate of drug-likeness (QED) is 0.234. The zero-order chi connectivity index (χ0) is 19.5. The number of carbonyl (C=O) groups is 1. The number of aliphatic hydroxyl groups is 3. The van der Waals surface area contributed by atoms with Crippen LogP contribution in [0.25, 0.3) is 0 Å². The predicted molar refractivity (Wildman–Crippen MR) is 105 cm³/mol. The molecule has 0 spiro atoms. The molecule has 0 aliphatic carbocycles. The van der Waals surface area contributed by atoms with Gasteiger partial charge in [-0.25, -0.2) is 0 Å². The summed E-state index contributed by atoms with van der Waals surface area (Å²) in [6.07, 6.45) is 15.1. The number of esters is 1. The standard InChI is InChI=1S/C21H42O5/c1-2-3-4-5-8-11-14-19(24)15-12-9-6-7-10-13-16-21(25)26-20(17-22)18-23/h19-20,22-24H,2-18H2,1H3. The second-order valence-corrected chi connectivity index (χ2v) is 7.35. The highest BCUT2D eigenvalue weighted by Crippen LogP contribution is 2.14. The van der Waals surface area contributed by atoms with Crippen molar-refractivity contribution < 1.29 is 24.9 Å². The highest BCUT2D eigenvalue weighted by Gasteiger charge is 2.11. The Morgan fingerprint density at radius 3 is 1.73 bits per heavy atom. The van der Waals surface area contributed by atoms with Gasteiger partial charge in [0.1, 0.15) is 6.10 Å². The average molecular weight is 375 g/mol. The van der Waals surface area contributed by atoms with E-state index in [1.807, 2.05) is 0 Å². The molecule has 0 aromatic rings. The van der Waals surface area contributed by atoms with E-state index in [1.165, 1.54) is 32.1 Å². The maximum Gasteiger partial charge on any atom is 0.306 e. The summed E-state index contributed by atoms with van der Waals surface area (Å²) in [5.41, 5.74) is 0. The van der Waals surface area contributed by atoms with Crippen molar-refractivity contribution in [1.82, 2.24) is 0 Å². The van der Waals surface area contributed by atoms with Crippen LogP contribution in [-0.2, 0) is 9.53 Å². The van der Waals surface area contributed by atoms with Gasteiger partial charge in [0.2, 0.25) is 0 Å². The monoisotopic (exact) mass is 374 g/mol. The Hall–Kier alpha value is -0.650. The Labute approximate surface area is 160 Å². The van der Waals surface area contributed by atoms with Gasteiger partial charge >= 0.3 is 5.97 Å². The third-order valence-electron chi connectivity index (χ3n) is 4.76. The van der Waals surface area contributed by atoms with Crippen LogP contribution in [0, 0.1) is 0 Å². The molecule has 26 heavy (non-hydrogen) atoms. The van der Waals surface area contributed by atoms with Crippen molar-refractivity contribution in [3.05, 3.63) is 0 Å². The first-order chi connectivity index (χ1) is 12.6. The summed E-state index contributed by atoms with van der Waals surface area (Å²) >= 11 is 0. The van der Waals surface area contributed by atoms with E-state index in [0.717, 1.165) is 57.8 Å². The molecular weight excluding hydrogens is 332 g/mol. The normalized spacial score (nSPS) is 12.5. The van der Waals surface area contributed by atoms with Crippen molar-refractivity contribution in [3.8, 4) is 0 Å². The number of rotatable bonds is 19. The maximum absolute atomic E-state index is 11.5. The molecule has 0 radical (unpaired) electrons. The Morgan fingerprint density at radius 1 is 0.769 bits per heavy atom. The lowest BCUT2D eigenvalue weighted by molar-refractivity contribution is -0.153. The lowest BCUT2D eigenvalue weighted by Crippen LogP contribution is -2.25. The van der Waals surface area contributed by atoms with Crippen molar-refractivity contribution in [2.45, 2.75) is 115 Å². The molecule has 156 valence electrons. The lowest BCUT2D eigenvalue weighted by atomic mass is 10.0. The van der Waals surface area contributed by atoms with E-state index in [0.29, 0.717) is 6.42 Å². The van der Waals surface area contributed by atoms with Crippen LogP contribution >= 0.6 is 0 Å². The van der Waals surface area contributed by atoms with Gasteiger partial charge in [0.25, 0.3) is 0 Å². The maximum atomic E-state index is 11.5. The molecule has 0 rings (SSSR count). The zero-order valence-electron chi connectivity index (χ0n) is 16.8. The molecule has 0 aromatic carbocycles. The zero-order valence-corrected chi connectivity index (χ0v) is 16.8. The average Bonchev–Trinajstić information content (AvgIpc) is 2.64. The number of hydrogen-bond donors (Lipinski definition) is 3. The van der Waals surface area contributed by atoms with Crippen molar-refractivity contribution in [1.29, 1.82) is 0 Å². The molecule has 3 N–H and O–H groups in total. The van der Waals surface area contributed by atoms with Crippen LogP contribution in [0.4, 0.5) is 0 Å². The van der Waals surface area contributed by atoms with Crippen molar-refractivity contribution in [3.63, 3.8) is 0 Å². The Bertz CT molecular complexity index is 305. The fourth-order valence-electron chi connectivity index (χ4n) is 3.04. The molecule has 1 unspecified atom stereocenters. The third kappa shape index (κ3) is 16.8. The van der Waals surface area contributed by atoms with E-state index in [2.05, 4.69) is 6.92 Å². The molecule has 1 atom stereocenters. The van der Waals surface area contributed by atoms with Gasteiger partial charge < -0.3 is 20.1 Å². The minimum Gasteiger partial charge on any atom is -0.457 e. The van der Waals surface area contributed by atoms with Crippen LogP contribution in [0.2, 0.25) is 0 Å². The van der Waals surface area contributed by atoms with Crippen molar-refractivity contribution in [2.24, 2.45) is 0 Å². The summed E-state index contributed by atoms with van der Waals surface area (Å²) in [6, 6.07) is 0. The minimum atomic E-state index is -0.787. The van der Waals surface area contributed by atoms with Gasteiger partial charge in [0.05, 0.1) is 19.3 Å². The van der Waals surface area contributed by atoms with Crippen LogP contribution in [0.15, 0.2) is 0 Å². The summed E-state index contributed by atoms with van der Waals surface area (Å²) in [6.45, 7) is 1.55. The first-order valence-corrected chi connectivity index (χ1v) is 10.7. The number of ether oxygens (including phenoxy) is 1. The fourth-order valence-corrected chi connectivity index (χ4v) is 3.04. The van der Waals surface area contributed by atoms with E-state index < -0.39 is 6.10 Å². The number of unbranched alkanes of at least 4 members (excludes halogenated alkanes) is 10. The van der Waals surface area contributed by atoms with Gasteiger partial charge in [0.15, 0.2) is 0 Å². The fraction of sp³-hybridized carbons (Fsp3) is 0.952. The molecule has 0 fully saturated rings.